The van der Waals surface area contributed by atoms with Crippen molar-refractivity contribution < 1.29 is 14.7 Å². The zero-order valence-corrected chi connectivity index (χ0v) is 6.60. The third kappa shape index (κ3) is 2.87. The van der Waals surface area contributed by atoms with Gasteiger partial charge in [0.2, 0.25) is 0 Å². The molecule has 0 spiro atoms. The number of ketones is 1. The maximum Gasteiger partial charge on any atom is 0.314 e. The van der Waals surface area contributed by atoms with Crippen molar-refractivity contribution >= 4 is 24.4 Å². The molecule has 0 aromatic heterocycles. The van der Waals surface area contributed by atoms with E-state index in [-0.39, 0.29) is 5.78 Å². The van der Waals surface area contributed by atoms with Crippen LogP contribution in [0.2, 0.25) is 0 Å². The van der Waals surface area contributed by atoms with Crippen LogP contribution in [0.1, 0.15) is 13.3 Å². The Morgan fingerprint density at radius 3 is 2.20 bits per heavy atom. The summed E-state index contributed by atoms with van der Waals surface area (Å²) in [6.07, 6.45) is 0.313. The van der Waals surface area contributed by atoms with E-state index in [9.17, 15) is 9.59 Å². The summed E-state index contributed by atoms with van der Waals surface area (Å²) in [6, 6.07) is 0. The van der Waals surface area contributed by atoms with Crippen LogP contribution in [-0.2, 0) is 9.59 Å². The van der Waals surface area contributed by atoms with Crippen LogP contribution in [0.15, 0.2) is 0 Å². The first kappa shape index (κ1) is 9.49. The first-order valence-corrected chi connectivity index (χ1v) is 3.57. The fourth-order valence-electron chi connectivity index (χ4n) is 0.630. The molecule has 0 bridgehead atoms. The van der Waals surface area contributed by atoms with Gasteiger partial charge in [0.15, 0.2) is 0 Å². The summed E-state index contributed by atoms with van der Waals surface area (Å²) in [5.74, 6) is -1.79. The lowest BCUT2D eigenvalue weighted by molar-refractivity contribution is -0.145. The molecule has 58 valence electrons. The lowest BCUT2D eigenvalue weighted by Gasteiger charge is -2.04. The number of Topliss-reactive ketones (excluding diaryl/α,β-unsaturated/α-hetero) is 1. The molecular weight excluding hydrogens is 152 g/mol. The molecule has 1 N–H and O–H groups in total. The molecule has 0 aromatic rings. The average Bonchev–Trinajstić information content (AvgIpc) is 1.81. The van der Waals surface area contributed by atoms with E-state index in [2.05, 4.69) is 12.6 Å². The Morgan fingerprint density at radius 1 is 1.60 bits per heavy atom. The topological polar surface area (TPSA) is 54.4 Å². The van der Waals surface area contributed by atoms with Crippen molar-refractivity contribution in [2.45, 2.75) is 13.3 Å². The van der Waals surface area contributed by atoms with Crippen molar-refractivity contribution in [2.75, 3.05) is 5.75 Å². The van der Waals surface area contributed by atoms with Gasteiger partial charge in [0.05, 0.1) is 0 Å². The molecule has 4 heteroatoms. The van der Waals surface area contributed by atoms with Crippen molar-refractivity contribution in [1.29, 1.82) is 0 Å². The fourth-order valence-corrected chi connectivity index (χ4v) is 0.888. The molecule has 0 aliphatic rings. The van der Waals surface area contributed by atoms with E-state index >= 15 is 0 Å². The monoisotopic (exact) mass is 162 g/mol. The number of hydrogen-bond acceptors (Lipinski definition) is 3. The molecule has 10 heavy (non-hydrogen) atoms. The van der Waals surface area contributed by atoms with Gasteiger partial charge in [-0.1, -0.05) is 0 Å². The third-order valence-electron chi connectivity index (χ3n) is 1.21. The second-order valence-corrected chi connectivity index (χ2v) is 2.46. The van der Waals surface area contributed by atoms with Crippen LogP contribution in [0.3, 0.4) is 0 Å². The number of carbonyl (C=O) groups excluding carboxylic acids is 1. The molecule has 0 aliphatic heterocycles. The average molecular weight is 162 g/mol. The van der Waals surface area contributed by atoms with Crippen LogP contribution in [-0.4, -0.2) is 22.6 Å². The zero-order valence-electron chi connectivity index (χ0n) is 5.70. The Bertz CT molecular complexity index is 130. The second-order valence-electron chi connectivity index (χ2n) is 2.01. The molecular formula is C6H10O3S. The van der Waals surface area contributed by atoms with E-state index in [1.807, 2.05) is 0 Å². The molecule has 0 radical (unpaired) electrons. The Balaban J connectivity index is 3.98. The molecule has 1 atom stereocenters. The summed E-state index contributed by atoms with van der Waals surface area (Å²) in [5, 5.41) is 8.42. The quantitative estimate of drug-likeness (QED) is 0.470. The van der Waals surface area contributed by atoms with Crippen LogP contribution < -0.4 is 0 Å². The molecule has 0 saturated heterocycles. The van der Waals surface area contributed by atoms with E-state index in [1.54, 1.807) is 0 Å². The van der Waals surface area contributed by atoms with Gasteiger partial charge >= 0.3 is 5.97 Å². The van der Waals surface area contributed by atoms with Crippen molar-refractivity contribution in [3.05, 3.63) is 0 Å². The number of aliphatic carboxylic acids is 1. The Labute approximate surface area is 64.8 Å². The summed E-state index contributed by atoms with van der Waals surface area (Å²) < 4.78 is 0. The molecule has 1 unspecified atom stereocenters. The standard InChI is InChI=1S/C6H10O3S/c1-4(7)5(2-3-10)6(8)9/h5,10H,2-3H2,1H3,(H,8,9). The summed E-state index contributed by atoms with van der Waals surface area (Å²) in [7, 11) is 0. The van der Waals surface area contributed by atoms with Gasteiger partial charge in [0, 0.05) is 0 Å². The Morgan fingerprint density at radius 2 is 2.10 bits per heavy atom. The van der Waals surface area contributed by atoms with Crippen LogP contribution in [0.25, 0.3) is 0 Å². The van der Waals surface area contributed by atoms with Gasteiger partial charge in [-0.15, -0.1) is 0 Å². The first-order chi connectivity index (χ1) is 4.59. The second kappa shape index (κ2) is 4.33. The normalized spacial score (nSPS) is 12.6. The number of carboxylic acid groups (broad SMARTS) is 1. The van der Waals surface area contributed by atoms with Gasteiger partial charge in [-0.3, -0.25) is 9.59 Å². The number of thiol groups is 1. The van der Waals surface area contributed by atoms with Gasteiger partial charge in [-0.2, -0.15) is 12.6 Å². The number of hydrogen-bond donors (Lipinski definition) is 2. The predicted molar refractivity (Wildman–Crippen MR) is 40.3 cm³/mol. The van der Waals surface area contributed by atoms with E-state index in [1.165, 1.54) is 6.92 Å². The highest BCUT2D eigenvalue weighted by Gasteiger charge is 2.20. The predicted octanol–water partition coefficient (Wildman–Crippen LogP) is 0.596. The van der Waals surface area contributed by atoms with Crippen LogP contribution in [0, 0.1) is 5.92 Å². The lowest BCUT2D eigenvalue weighted by Crippen LogP contribution is -2.21. The number of carbonyl (C=O) groups is 2. The summed E-state index contributed by atoms with van der Waals surface area (Å²) >= 11 is 3.83. The van der Waals surface area contributed by atoms with Crippen molar-refractivity contribution in [3.8, 4) is 0 Å². The summed E-state index contributed by atoms with van der Waals surface area (Å²) in [4.78, 5) is 20.8. The van der Waals surface area contributed by atoms with E-state index in [0.717, 1.165) is 0 Å². The fraction of sp³-hybridized carbons (Fsp3) is 0.667. The van der Waals surface area contributed by atoms with E-state index in [0.29, 0.717) is 12.2 Å². The van der Waals surface area contributed by atoms with Crippen LogP contribution in [0.4, 0.5) is 0 Å². The van der Waals surface area contributed by atoms with E-state index in [4.69, 9.17) is 5.11 Å². The molecule has 0 fully saturated rings. The minimum absolute atomic E-state index is 0.304. The Kier molecular flexibility index (Phi) is 4.11. The summed E-state index contributed by atoms with van der Waals surface area (Å²) in [6.45, 7) is 1.28. The first-order valence-electron chi connectivity index (χ1n) is 2.93. The molecule has 0 aromatic carbocycles. The van der Waals surface area contributed by atoms with E-state index < -0.39 is 11.9 Å². The lowest BCUT2D eigenvalue weighted by atomic mass is 10.0. The van der Waals surface area contributed by atoms with Gasteiger partial charge in [0.25, 0.3) is 0 Å². The van der Waals surface area contributed by atoms with Crippen LogP contribution in [0.5, 0.6) is 0 Å². The maximum atomic E-state index is 10.6. The van der Waals surface area contributed by atoms with Crippen molar-refractivity contribution in [3.63, 3.8) is 0 Å². The van der Waals surface area contributed by atoms with Gasteiger partial charge in [-0.05, 0) is 19.1 Å². The number of carboxylic acids is 1. The molecule has 0 aliphatic carbocycles. The van der Waals surface area contributed by atoms with Gasteiger partial charge in [-0.25, -0.2) is 0 Å². The van der Waals surface area contributed by atoms with Crippen LogP contribution >= 0.6 is 12.6 Å². The summed E-state index contributed by atoms with van der Waals surface area (Å²) in [5.41, 5.74) is 0. The molecule has 3 nitrogen and oxygen atoms in total. The minimum Gasteiger partial charge on any atom is -0.481 e. The number of rotatable bonds is 4. The maximum absolute atomic E-state index is 10.6. The minimum atomic E-state index is -1.05. The highest BCUT2D eigenvalue weighted by molar-refractivity contribution is 7.80. The Hall–Kier alpha value is -0.510. The molecule has 0 amide bonds. The smallest absolute Gasteiger partial charge is 0.314 e. The van der Waals surface area contributed by atoms with Gasteiger partial charge < -0.3 is 5.11 Å². The molecule has 0 saturated carbocycles. The molecule has 0 heterocycles. The van der Waals surface area contributed by atoms with Gasteiger partial charge in [0.1, 0.15) is 11.7 Å². The van der Waals surface area contributed by atoms with Crippen molar-refractivity contribution in [1.82, 2.24) is 0 Å². The highest BCUT2D eigenvalue weighted by Crippen LogP contribution is 2.05. The third-order valence-corrected chi connectivity index (χ3v) is 1.46. The largest absolute Gasteiger partial charge is 0.481 e. The SMILES string of the molecule is CC(=O)C(CCS)C(=O)O. The highest BCUT2D eigenvalue weighted by atomic mass is 32.1. The zero-order chi connectivity index (χ0) is 8.15. The van der Waals surface area contributed by atoms with Crippen molar-refractivity contribution in [2.24, 2.45) is 5.92 Å². The molecule has 0 rings (SSSR count).